The summed E-state index contributed by atoms with van der Waals surface area (Å²) in [6, 6.07) is 16.0. The van der Waals surface area contributed by atoms with Gasteiger partial charge in [-0.3, -0.25) is 4.99 Å². The van der Waals surface area contributed by atoms with Gasteiger partial charge in [0.05, 0.1) is 11.1 Å². The van der Waals surface area contributed by atoms with E-state index in [-0.39, 0.29) is 5.91 Å². The van der Waals surface area contributed by atoms with Crippen molar-refractivity contribution in [2.75, 3.05) is 13.1 Å². The smallest absolute Gasteiger partial charge is 0.270 e. The summed E-state index contributed by atoms with van der Waals surface area (Å²) >= 11 is 0. The number of hydrogen-bond acceptors (Lipinski definition) is 1. The van der Waals surface area contributed by atoms with E-state index in [0.717, 1.165) is 34.6 Å². The Balaban J connectivity index is 1.93. The van der Waals surface area contributed by atoms with Gasteiger partial charge in [-0.05, 0) is 49.2 Å². The fraction of sp³-hybridized carbons (Fsp3) is 0.222. The molecule has 0 spiro atoms. The molecule has 3 heteroatoms. The largest absolute Gasteiger partial charge is 0.341 e. The van der Waals surface area contributed by atoms with Crippen LogP contribution in [0.1, 0.15) is 27.0 Å². The van der Waals surface area contributed by atoms with Gasteiger partial charge in [0.15, 0.2) is 0 Å². The predicted octanol–water partition coefficient (Wildman–Crippen LogP) is 1.29. The van der Waals surface area contributed by atoms with Gasteiger partial charge in [0.1, 0.15) is 13.1 Å². The van der Waals surface area contributed by atoms with Crippen molar-refractivity contribution in [3.8, 4) is 0 Å². The molecule has 3 rings (SSSR count). The first-order chi connectivity index (χ1) is 10.1. The van der Waals surface area contributed by atoms with Gasteiger partial charge in [0.25, 0.3) is 5.84 Å². The van der Waals surface area contributed by atoms with Gasteiger partial charge < -0.3 is 0 Å². The fourth-order valence-corrected chi connectivity index (χ4v) is 2.80. The molecule has 2 aromatic rings. The van der Waals surface area contributed by atoms with Crippen LogP contribution >= 0.6 is 0 Å². The highest BCUT2D eigenvalue weighted by Crippen LogP contribution is 2.14. The minimum absolute atomic E-state index is 0.0608. The molecule has 1 amide bonds. The van der Waals surface area contributed by atoms with Crippen LogP contribution in [0.2, 0.25) is 0 Å². The third-order valence-corrected chi connectivity index (χ3v) is 3.66. The molecule has 1 aliphatic rings. The normalized spacial score (nSPS) is 14.2. The molecule has 0 unspecified atom stereocenters. The minimum atomic E-state index is 0.0608. The van der Waals surface area contributed by atoms with Crippen LogP contribution in [0.4, 0.5) is 0 Å². The molecule has 0 saturated carbocycles. The summed E-state index contributed by atoms with van der Waals surface area (Å²) in [6.45, 7) is 5.54. The Morgan fingerprint density at radius 1 is 1.05 bits per heavy atom. The maximum Gasteiger partial charge on any atom is 0.341 e. The molecule has 0 aromatic heterocycles. The minimum Gasteiger partial charge on any atom is -0.270 e. The number of amides is 1. The lowest BCUT2D eigenvalue weighted by Crippen LogP contribution is -2.71. The molecular formula is C18H19N2O+. The van der Waals surface area contributed by atoms with E-state index in [4.69, 9.17) is 0 Å². The van der Waals surface area contributed by atoms with Crippen molar-refractivity contribution in [1.29, 1.82) is 0 Å². The number of carbonyl (C=O) groups excluding carboxylic acids is 1. The van der Waals surface area contributed by atoms with Gasteiger partial charge in [0.2, 0.25) is 0 Å². The zero-order chi connectivity index (χ0) is 14.8. The van der Waals surface area contributed by atoms with Crippen molar-refractivity contribution in [2.45, 2.75) is 13.8 Å². The molecule has 1 N–H and O–H groups in total. The van der Waals surface area contributed by atoms with Crippen molar-refractivity contribution >= 4 is 11.7 Å². The molecule has 0 atom stereocenters. The zero-order valence-electron chi connectivity index (χ0n) is 12.4. The number of aryl methyl sites for hydroxylation is 2. The summed E-state index contributed by atoms with van der Waals surface area (Å²) in [5.41, 5.74) is 4.04. The molecule has 0 saturated heterocycles. The third kappa shape index (κ3) is 2.72. The Morgan fingerprint density at radius 3 is 2.38 bits per heavy atom. The summed E-state index contributed by atoms with van der Waals surface area (Å²) in [4.78, 5) is 18.0. The molecule has 106 valence electrons. The standard InChI is InChI=1S/C18H18N2O/c1-13-10-14(2)12-16(11-13)18(21)20-9-8-19-17(20)15-6-4-3-5-7-15/h3-7,10-12H,8-9H2,1-2H3/p+1. The van der Waals surface area contributed by atoms with Gasteiger partial charge in [-0.1, -0.05) is 24.3 Å². The maximum atomic E-state index is 12.8. The van der Waals surface area contributed by atoms with E-state index in [1.807, 2.05) is 61.2 Å². The lowest BCUT2D eigenvalue weighted by molar-refractivity contribution is -0.444. The zero-order valence-corrected chi connectivity index (χ0v) is 12.4. The SMILES string of the molecule is Cc1cc(C)cc(C(=O)N2CC[NH+]=C2c2ccccc2)c1. The second-order valence-corrected chi connectivity index (χ2v) is 5.47. The number of benzene rings is 2. The van der Waals surface area contributed by atoms with Gasteiger partial charge in [-0.2, -0.15) is 4.90 Å². The average molecular weight is 279 g/mol. The molecular weight excluding hydrogens is 260 g/mol. The third-order valence-electron chi connectivity index (χ3n) is 3.66. The highest BCUT2D eigenvalue weighted by molar-refractivity contribution is 6.10. The lowest BCUT2D eigenvalue weighted by Gasteiger charge is -2.11. The Hall–Kier alpha value is -2.42. The van der Waals surface area contributed by atoms with Crippen LogP contribution in [-0.2, 0) is 0 Å². The Kier molecular flexibility index (Phi) is 3.57. The maximum absolute atomic E-state index is 12.8. The van der Waals surface area contributed by atoms with Gasteiger partial charge >= 0.3 is 5.91 Å². The summed E-state index contributed by atoms with van der Waals surface area (Å²) in [5, 5.41) is 0. The fourth-order valence-electron chi connectivity index (χ4n) is 2.80. The second kappa shape index (κ2) is 5.52. The number of carbonyl (C=O) groups is 1. The molecule has 3 nitrogen and oxygen atoms in total. The van der Waals surface area contributed by atoms with Crippen molar-refractivity contribution in [1.82, 2.24) is 4.90 Å². The summed E-state index contributed by atoms with van der Waals surface area (Å²) in [5.74, 6) is 0.963. The van der Waals surface area contributed by atoms with Crippen LogP contribution in [0.25, 0.3) is 0 Å². The van der Waals surface area contributed by atoms with Crippen molar-refractivity contribution < 1.29 is 9.79 Å². The van der Waals surface area contributed by atoms with Crippen molar-refractivity contribution in [3.63, 3.8) is 0 Å². The van der Waals surface area contributed by atoms with Crippen LogP contribution in [0.5, 0.6) is 0 Å². The first-order valence-electron chi connectivity index (χ1n) is 7.21. The molecule has 2 aromatic carbocycles. The molecule has 1 heterocycles. The number of nitrogens with zero attached hydrogens (tertiary/aromatic N) is 1. The van der Waals surface area contributed by atoms with Crippen LogP contribution < -0.4 is 4.99 Å². The van der Waals surface area contributed by atoms with Gasteiger partial charge in [-0.25, -0.2) is 4.79 Å². The predicted molar refractivity (Wildman–Crippen MR) is 83.3 cm³/mol. The van der Waals surface area contributed by atoms with E-state index in [1.54, 1.807) is 0 Å². The van der Waals surface area contributed by atoms with Crippen molar-refractivity contribution in [2.24, 2.45) is 0 Å². The molecule has 0 bridgehead atoms. The molecule has 0 aliphatic carbocycles. The van der Waals surface area contributed by atoms with Crippen LogP contribution in [0.3, 0.4) is 0 Å². The number of rotatable bonds is 2. The topological polar surface area (TPSA) is 34.3 Å². The second-order valence-electron chi connectivity index (χ2n) is 5.47. The lowest BCUT2D eigenvalue weighted by atomic mass is 10.1. The first kappa shape index (κ1) is 13.6. The monoisotopic (exact) mass is 279 g/mol. The molecule has 21 heavy (non-hydrogen) atoms. The van der Waals surface area contributed by atoms with E-state index < -0.39 is 0 Å². The highest BCUT2D eigenvalue weighted by atomic mass is 16.2. The Labute approximate surface area is 124 Å². The number of hydrogen-bond donors (Lipinski definition) is 1. The highest BCUT2D eigenvalue weighted by Gasteiger charge is 2.33. The summed E-state index contributed by atoms with van der Waals surface area (Å²) in [6.07, 6.45) is 0. The van der Waals surface area contributed by atoms with E-state index in [2.05, 4.69) is 11.1 Å². The first-order valence-corrected chi connectivity index (χ1v) is 7.21. The van der Waals surface area contributed by atoms with E-state index in [0.29, 0.717) is 6.54 Å². The quantitative estimate of drug-likeness (QED) is 0.883. The number of amidine groups is 1. The average Bonchev–Trinajstić information content (AvgIpc) is 2.95. The summed E-state index contributed by atoms with van der Waals surface area (Å²) < 4.78 is 0. The Bertz CT molecular complexity index is 684. The van der Waals surface area contributed by atoms with Crippen LogP contribution in [0.15, 0.2) is 48.5 Å². The van der Waals surface area contributed by atoms with Gasteiger partial charge in [0, 0.05) is 0 Å². The van der Waals surface area contributed by atoms with E-state index in [1.165, 1.54) is 0 Å². The molecule has 1 aliphatic heterocycles. The summed E-state index contributed by atoms with van der Waals surface area (Å²) in [7, 11) is 0. The molecule has 0 fully saturated rings. The Morgan fingerprint density at radius 2 is 1.71 bits per heavy atom. The van der Waals surface area contributed by atoms with E-state index >= 15 is 0 Å². The van der Waals surface area contributed by atoms with Gasteiger partial charge in [-0.15, -0.1) is 0 Å². The van der Waals surface area contributed by atoms with Crippen LogP contribution in [-0.4, -0.2) is 29.7 Å². The van der Waals surface area contributed by atoms with E-state index in [9.17, 15) is 4.79 Å². The molecule has 0 radical (unpaired) electrons. The van der Waals surface area contributed by atoms with Crippen LogP contribution in [0, 0.1) is 13.8 Å². The number of nitrogens with one attached hydrogen (secondary N) is 1. The van der Waals surface area contributed by atoms with Crippen molar-refractivity contribution in [3.05, 3.63) is 70.8 Å².